The Balaban J connectivity index is 4.44. The van der Waals surface area contributed by atoms with Gasteiger partial charge in [-0.3, -0.25) is 4.79 Å². The molecule has 1 unspecified atom stereocenters. The molecule has 0 rings (SSSR count). The average Bonchev–Trinajstić information content (AvgIpc) is 2.23. The molecule has 0 bridgehead atoms. The van der Waals surface area contributed by atoms with Gasteiger partial charge in [0.25, 0.3) is 0 Å². The van der Waals surface area contributed by atoms with Gasteiger partial charge in [-0.15, -0.1) is 12.3 Å². The summed E-state index contributed by atoms with van der Waals surface area (Å²) in [5.41, 5.74) is 5.66. The molecule has 0 saturated carbocycles. The molecule has 0 aliphatic rings. The van der Waals surface area contributed by atoms with E-state index in [9.17, 15) is 4.79 Å². The van der Waals surface area contributed by atoms with Gasteiger partial charge in [0.1, 0.15) is 0 Å². The summed E-state index contributed by atoms with van der Waals surface area (Å²) in [6, 6.07) is 1.37. The van der Waals surface area contributed by atoms with Crippen molar-refractivity contribution in [2.45, 2.75) is 32.7 Å². The number of carbonyl (C=O) groups excluding carboxylic acids is 1. The summed E-state index contributed by atoms with van der Waals surface area (Å²) in [5.74, 6) is 2.56. The number of nitriles is 1. The highest BCUT2D eigenvalue weighted by Gasteiger charge is 2.20. The lowest BCUT2D eigenvalue weighted by Crippen LogP contribution is -2.45. The van der Waals surface area contributed by atoms with Crippen LogP contribution >= 0.6 is 0 Å². The lowest BCUT2D eigenvalue weighted by molar-refractivity contribution is -0.132. The normalized spacial score (nSPS) is 11.6. The molecule has 4 heteroatoms. The first-order valence-electron chi connectivity index (χ1n) is 5.37. The van der Waals surface area contributed by atoms with Crippen molar-refractivity contribution in [1.29, 1.82) is 5.26 Å². The first-order valence-corrected chi connectivity index (χ1v) is 5.37. The van der Waals surface area contributed by atoms with E-state index in [0.29, 0.717) is 25.4 Å². The Morgan fingerprint density at radius 2 is 2.19 bits per heavy atom. The van der Waals surface area contributed by atoms with Gasteiger partial charge < -0.3 is 10.6 Å². The van der Waals surface area contributed by atoms with Gasteiger partial charge in [0.05, 0.1) is 18.5 Å². The molecule has 4 nitrogen and oxygen atoms in total. The molecule has 1 atom stereocenters. The summed E-state index contributed by atoms with van der Waals surface area (Å²) >= 11 is 0. The Morgan fingerprint density at radius 3 is 2.62 bits per heavy atom. The Labute approximate surface area is 97.4 Å². The number of nitrogens with zero attached hydrogens (tertiary/aromatic N) is 2. The molecule has 0 radical (unpaired) electrons. The smallest absolute Gasteiger partial charge is 0.240 e. The van der Waals surface area contributed by atoms with Gasteiger partial charge >= 0.3 is 0 Å². The molecule has 0 fully saturated rings. The summed E-state index contributed by atoms with van der Waals surface area (Å²) in [6.07, 6.45) is 5.67. The van der Waals surface area contributed by atoms with E-state index >= 15 is 0 Å². The molecule has 16 heavy (non-hydrogen) atoms. The lowest BCUT2D eigenvalue weighted by atomic mass is 10.1. The molecular formula is C12H19N3O. The highest BCUT2D eigenvalue weighted by atomic mass is 16.2. The Kier molecular flexibility index (Phi) is 7.00. The Morgan fingerprint density at radius 1 is 1.56 bits per heavy atom. The highest BCUT2D eigenvalue weighted by Crippen LogP contribution is 2.03. The standard InChI is InChI=1S/C12H19N3O/c1-4-6-11(14)12(16)15(8-5-7-13)9-10(2)3/h1,10-11H,5-6,8-9,14H2,2-3H3. The second kappa shape index (κ2) is 7.73. The highest BCUT2D eigenvalue weighted by molar-refractivity contribution is 5.82. The van der Waals surface area contributed by atoms with E-state index in [4.69, 9.17) is 17.4 Å². The second-order valence-corrected chi connectivity index (χ2v) is 4.10. The third-order valence-electron chi connectivity index (χ3n) is 2.05. The van der Waals surface area contributed by atoms with Crippen LogP contribution in [0.5, 0.6) is 0 Å². The third kappa shape index (κ3) is 5.38. The van der Waals surface area contributed by atoms with E-state index in [0.717, 1.165) is 0 Å². The number of nitrogens with two attached hydrogens (primary N) is 1. The van der Waals surface area contributed by atoms with E-state index in [2.05, 4.69) is 5.92 Å². The Hall–Kier alpha value is -1.52. The van der Waals surface area contributed by atoms with E-state index in [1.807, 2.05) is 19.9 Å². The van der Waals surface area contributed by atoms with Crippen LogP contribution in [0.3, 0.4) is 0 Å². The number of rotatable bonds is 6. The van der Waals surface area contributed by atoms with Crippen LogP contribution < -0.4 is 5.73 Å². The maximum atomic E-state index is 11.9. The van der Waals surface area contributed by atoms with Crippen molar-refractivity contribution in [3.8, 4) is 18.4 Å². The molecule has 0 spiro atoms. The number of hydrogen-bond donors (Lipinski definition) is 1. The SMILES string of the molecule is C#CCC(N)C(=O)N(CCC#N)CC(C)C. The van der Waals surface area contributed by atoms with Crippen LogP contribution in [0.1, 0.15) is 26.7 Å². The van der Waals surface area contributed by atoms with Crippen LogP contribution in [0.2, 0.25) is 0 Å². The van der Waals surface area contributed by atoms with Crippen LogP contribution in [-0.4, -0.2) is 29.9 Å². The van der Waals surface area contributed by atoms with Crippen molar-refractivity contribution < 1.29 is 4.79 Å². The fourth-order valence-electron chi connectivity index (χ4n) is 1.37. The number of carbonyl (C=O) groups is 1. The van der Waals surface area contributed by atoms with Gasteiger partial charge in [-0.1, -0.05) is 13.8 Å². The summed E-state index contributed by atoms with van der Waals surface area (Å²) in [5, 5.41) is 8.52. The fourth-order valence-corrected chi connectivity index (χ4v) is 1.37. The van der Waals surface area contributed by atoms with Crippen molar-refractivity contribution in [2.75, 3.05) is 13.1 Å². The first-order chi connectivity index (χ1) is 7.52. The molecule has 1 amide bonds. The summed E-state index contributed by atoms with van der Waals surface area (Å²) in [4.78, 5) is 13.5. The largest absolute Gasteiger partial charge is 0.340 e. The fraction of sp³-hybridized carbons (Fsp3) is 0.667. The minimum absolute atomic E-state index is 0.165. The monoisotopic (exact) mass is 221 g/mol. The lowest BCUT2D eigenvalue weighted by Gasteiger charge is -2.25. The van der Waals surface area contributed by atoms with Gasteiger partial charge in [-0.2, -0.15) is 5.26 Å². The van der Waals surface area contributed by atoms with E-state index in [1.165, 1.54) is 0 Å². The third-order valence-corrected chi connectivity index (χ3v) is 2.05. The maximum Gasteiger partial charge on any atom is 0.240 e. The molecule has 0 aliphatic heterocycles. The van der Waals surface area contributed by atoms with Crippen LogP contribution in [0.4, 0.5) is 0 Å². The van der Waals surface area contributed by atoms with Crippen molar-refractivity contribution in [1.82, 2.24) is 4.90 Å². The van der Waals surface area contributed by atoms with E-state index in [-0.39, 0.29) is 12.3 Å². The van der Waals surface area contributed by atoms with Gasteiger partial charge in [0, 0.05) is 19.5 Å². The van der Waals surface area contributed by atoms with Crippen molar-refractivity contribution in [3.05, 3.63) is 0 Å². The predicted octanol–water partition coefficient (Wildman–Crippen LogP) is 0.735. The summed E-state index contributed by atoms with van der Waals surface area (Å²) < 4.78 is 0. The van der Waals surface area contributed by atoms with Crippen molar-refractivity contribution in [3.63, 3.8) is 0 Å². The molecule has 0 aliphatic carbocycles. The van der Waals surface area contributed by atoms with Crippen LogP contribution in [0, 0.1) is 29.6 Å². The van der Waals surface area contributed by atoms with Gasteiger partial charge in [0.2, 0.25) is 5.91 Å². The van der Waals surface area contributed by atoms with Gasteiger partial charge in [-0.25, -0.2) is 0 Å². The Bertz CT molecular complexity index is 298. The molecular weight excluding hydrogens is 202 g/mol. The minimum atomic E-state index is -0.651. The zero-order valence-corrected chi connectivity index (χ0v) is 9.94. The van der Waals surface area contributed by atoms with Crippen LogP contribution in [0.25, 0.3) is 0 Å². The topological polar surface area (TPSA) is 70.1 Å². The van der Waals surface area contributed by atoms with Crippen molar-refractivity contribution in [2.24, 2.45) is 11.7 Å². The number of terminal acetylenes is 1. The molecule has 0 aromatic rings. The first kappa shape index (κ1) is 14.5. The van der Waals surface area contributed by atoms with Crippen LogP contribution in [0.15, 0.2) is 0 Å². The average molecular weight is 221 g/mol. The molecule has 2 N–H and O–H groups in total. The van der Waals surface area contributed by atoms with Crippen molar-refractivity contribution >= 4 is 5.91 Å². The molecule has 0 heterocycles. The maximum absolute atomic E-state index is 11.9. The van der Waals surface area contributed by atoms with E-state index < -0.39 is 6.04 Å². The quantitative estimate of drug-likeness (QED) is 0.672. The minimum Gasteiger partial charge on any atom is -0.340 e. The molecule has 0 aromatic carbocycles. The molecule has 0 aromatic heterocycles. The zero-order chi connectivity index (χ0) is 12.6. The van der Waals surface area contributed by atoms with Gasteiger partial charge in [-0.05, 0) is 5.92 Å². The van der Waals surface area contributed by atoms with Gasteiger partial charge in [0.15, 0.2) is 0 Å². The zero-order valence-electron chi connectivity index (χ0n) is 9.94. The van der Waals surface area contributed by atoms with Crippen LogP contribution in [-0.2, 0) is 4.79 Å². The number of hydrogen-bond acceptors (Lipinski definition) is 3. The molecule has 0 saturated heterocycles. The van der Waals surface area contributed by atoms with E-state index in [1.54, 1.807) is 4.90 Å². The predicted molar refractivity (Wildman–Crippen MR) is 63.1 cm³/mol. The number of amides is 1. The molecule has 88 valence electrons. The summed E-state index contributed by atoms with van der Waals surface area (Å²) in [7, 11) is 0. The second-order valence-electron chi connectivity index (χ2n) is 4.10. The summed E-state index contributed by atoms with van der Waals surface area (Å²) in [6.45, 7) is 5.06.